The minimum absolute atomic E-state index is 0.178. The van der Waals surface area contributed by atoms with Gasteiger partial charge < -0.3 is 15.8 Å². The zero-order valence-corrected chi connectivity index (χ0v) is 11.9. The number of ether oxygens (including phenoxy) is 1. The molecule has 0 spiro atoms. The zero-order valence-electron chi connectivity index (χ0n) is 11.9. The molecule has 4 heteroatoms. The Balaban J connectivity index is 1.58. The van der Waals surface area contributed by atoms with Gasteiger partial charge in [-0.2, -0.15) is 0 Å². The zero-order chi connectivity index (χ0) is 13.5. The third-order valence-corrected chi connectivity index (χ3v) is 4.65. The minimum Gasteiger partial charge on any atom is -0.378 e. The normalized spacial score (nSPS) is 31.3. The number of nitrogens with one attached hydrogen (secondary N) is 1. The van der Waals surface area contributed by atoms with Crippen LogP contribution in [0.4, 0.5) is 0 Å². The highest BCUT2D eigenvalue weighted by atomic mass is 16.5. The maximum absolute atomic E-state index is 11.8. The van der Waals surface area contributed by atoms with Crippen LogP contribution in [-0.2, 0) is 9.53 Å². The van der Waals surface area contributed by atoms with Crippen LogP contribution in [0.2, 0.25) is 0 Å². The van der Waals surface area contributed by atoms with Gasteiger partial charge in [-0.1, -0.05) is 6.42 Å². The molecule has 1 saturated heterocycles. The molecule has 0 aromatic carbocycles. The summed E-state index contributed by atoms with van der Waals surface area (Å²) in [5.74, 6) is 1.39. The van der Waals surface area contributed by atoms with Gasteiger partial charge in [0.05, 0.1) is 6.10 Å². The second kappa shape index (κ2) is 7.85. The molecule has 19 heavy (non-hydrogen) atoms. The van der Waals surface area contributed by atoms with Crippen LogP contribution in [0, 0.1) is 11.8 Å². The molecule has 0 aromatic heterocycles. The predicted octanol–water partition coefficient (Wildman–Crippen LogP) is 1.83. The van der Waals surface area contributed by atoms with Gasteiger partial charge >= 0.3 is 0 Å². The first kappa shape index (κ1) is 14.8. The molecule has 2 rings (SSSR count). The molecule has 110 valence electrons. The lowest BCUT2D eigenvalue weighted by Gasteiger charge is -2.22. The fourth-order valence-electron chi connectivity index (χ4n) is 3.35. The summed E-state index contributed by atoms with van der Waals surface area (Å²) in [4.78, 5) is 11.8. The average Bonchev–Trinajstić information content (AvgIpc) is 2.91. The predicted molar refractivity (Wildman–Crippen MR) is 75.7 cm³/mol. The highest BCUT2D eigenvalue weighted by Crippen LogP contribution is 2.30. The summed E-state index contributed by atoms with van der Waals surface area (Å²) >= 11 is 0. The van der Waals surface area contributed by atoms with Crippen LogP contribution in [0.15, 0.2) is 0 Å². The Kier molecular flexibility index (Phi) is 6.11. The smallest absolute Gasteiger partial charge is 0.220 e. The first-order valence-corrected chi connectivity index (χ1v) is 7.88. The van der Waals surface area contributed by atoms with Crippen molar-refractivity contribution in [2.45, 2.75) is 57.5 Å². The number of rotatable bonds is 6. The Bertz CT molecular complexity index is 277. The molecule has 3 N–H and O–H groups in total. The minimum atomic E-state index is 0.178. The van der Waals surface area contributed by atoms with E-state index in [-0.39, 0.29) is 5.91 Å². The quantitative estimate of drug-likeness (QED) is 0.772. The number of hydrogen-bond acceptors (Lipinski definition) is 3. The Hall–Kier alpha value is -0.610. The number of carbonyl (C=O) groups is 1. The summed E-state index contributed by atoms with van der Waals surface area (Å²) < 4.78 is 5.64. The van der Waals surface area contributed by atoms with Crippen molar-refractivity contribution in [3.8, 4) is 0 Å². The van der Waals surface area contributed by atoms with E-state index in [0.717, 1.165) is 32.5 Å². The number of hydrogen-bond donors (Lipinski definition) is 2. The largest absolute Gasteiger partial charge is 0.378 e. The third-order valence-electron chi connectivity index (χ3n) is 4.65. The molecule has 1 saturated carbocycles. The molecule has 1 aliphatic carbocycles. The van der Waals surface area contributed by atoms with Crippen molar-refractivity contribution in [2.75, 3.05) is 19.7 Å². The number of nitrogens with two attached hydrogens (primary N) is 1. The van der Waals surface area contributed by atoms with Gasteiger partial charge in [0.25, 0.3) is 0 Å². The molecular weight excluding hydrogens is 240 g/mol. The van der Waals surface area contributed by atoms with Crippen molar-refractivity contribution in [1.82, 2.24) is 5.32 Å². The molecule has 0 aromatic rings. The summed E-state index contributed by atoms with van der Waals surface area (Å²) in [6, 6.07) is 0. The van der Waals surface area contributed by atoms with Gasteiger partial charge in [0.1, 0.15) is 0 Å². The molecule has 4 nitrogen and oxygen atoms in total. The molecule has 1 aliphatic heterocycles. The molecule has 1 heterocycles. The van der Waals surface area contributed by atoms with Crippen LogP contribution in [0.25, 0.3) is 0 Å². The Morgan fingerprint density at radius 2 is 2.00 bits per heavy atom. The van der Waals surface area contributed by atoms with E-state index in [0.29, 0.717) is 24.4 Å². The van der Waals surface area contributed by atoms with Gasteiger partial charge in [0.15, 0.2) is 0 Å². The van der Waals surface area contributed by atoms with Crippen LogP contribution in [0.1, 0.15) is 51.4 Å². The van der Waals surface area contributed by atoms with Crippen molar-refractivity contribution in [2.24, 2.45) is 17.6 Å². The summed E-state index contributed by atoms with van der Waals surface area (Å²) in [6.07, 6.45) is 9.02. The van der Waals surface area contributed by atoms with Crippen molar-refractivity contribution in [3.05, 3.63) is 0 Å². The molecule has 2 fully saturated rings. The third kappa shape index (κ3) is 4.77. The second-order valence-electron chi connectivity index (χ2n) is 6.02. The molecule has 1 amide bonds. The lowest BCUT2D eigenvalue weighted by Crippen LogP contribution is -2.33. The van der Waals surface area contributed by atoms with E-state index in [1.165, 1.54) is 32.1 Å². The molecule has 0 bridgehead atoms. The van der Waals surface area contributed by atoms with Crippen LogP contribution >= 0.6 is 0 Å². The summed E-state index contributed by atoms with van der Waals surface area (Å²) in [5, 5.41) is 3.08. The fourth-order valence-corrected chi connectivity index (χ4v) is 3.35. The van der Waals surface area contributed by atoms with Crippen molar-refractivity contribution >= 4 is 5.91 Å². The van der Waals surface area contributed by atoms with Gasteiger partial charge in [0, 0.05) is 19.6 Å². The highest BCUT2D eigenvalue weighted by molar-refractivity contribution is 5.75. The van der Waals surface area contributed by atoms with E-state index in [1.807, 2.05) is 0 Å². The van der Waals surface area contributed by atoms with Crippen molar-refractivity contribution < 1.29 is 9.53 Å². The van der Waals surface area contributed by atoms with E-state index >= 15 is 0 Å². The Morgan fingerprint density at radius 3 is 2.74 bits per heavy atom. The maximum atomic E-state index is 11.8. The van der Waals surface area contributed by atoms with E-state index in [4.69, 9.17) is 10.5 Å². The van der Waals surface area contributed by atoms with Crippen LogP contribution in [0.3, 0.4) is 0 Å². The fraction of sp³-hybridized carbons (Fsp3) is 0.933. The standard InChI is InChI=1S/C15H28N2O2/c16-10-12-4-3-5-13(12)11-17-15(18)8-7-14-6-1-2-9-19-14/h12-14H,1-11,16H2,(H,17,18). The summed E-state index contributed by atoms with van der Waals surface area (Å²) in [6.45, 7) is 2.44. The van der Waals surface area contributed by atoms with Gasteiger partial charge in [0.2, 0.25) is 5.91 Å². The SMILES string of the molecule is NCC1CCCC1CNC(=O)CCC1CCCCO1. The van der Waals surface area contributed by atoms with E-state index in [9.17, 15) is 4.79 Å². The Morgan fingerprint density at radius 1 is 1.16 bits per heavy atom. The first-order chi connectivity index (χ1) is 9.29. The van der Waals surface area contributed by atoms with Crippen molar-refractivity contribution in [1.29, 1.82) is 0 Å². The van der Waals surface area contributed by atoms with Crippen molar-refractivity contribution in [3.63, 3.8) is 0 Å². The topological polar surface area (TPSA) is 64.3 Å². The summed E-state index contributed by atoms with van der Waals surface area (Å²) in [5.41, 5.74) is 5.76. The van der Waals surface area contributed by atoms with Gasteiger partial charge in [-0.3, -0.25) is 4.79 Å². The lowest BCUT2D eigenvalue weighted by molar-refractivity contribution is -0.122. The number of carbonyl (C=O) groups excluding carboxylic acids is 1. The summed E-state index contributed by atoms with van der Waals surface area (Å²) in [7, 11) is 0. The van der Waals surface area contributed by atoms with Crippen LogP contribution < -0.4 is 11.1 Å². The Labute approximate surface area is 116 Å². The molecular formula is C15H28N2O2. The van der Waals surface area contributed by atoms with Gasteiger partial charge in [-0.05, 0) is 56.9 Å². The molecule has 3 unspecified atom stereocenters. The van der Waals surface area contributed by atoms with Gasteiger partial charge in [-0.15, -0.1) is 0 Å². The first-order valence-electron chi connectivity index (χ1n) is 7.88. The maximum Gasteiger partial charge on any atom is 0.220 e. The molecule has 2 aliphatic rings. The van der Waals surface area contributed by atoms with E-state index in [2.05, 4.69) is 5.32 Å². The van der Waals surface area contributed by atoms with Crippen LogP contribution in [0.5, 0.6) is 0 Å². The van der Waals surface area contributed by atoms with E-state index < -0.39 is 0 Å². The lowest BCUT2D eigenvalue weighted by atomic mass is 9.96. The molecule has 0 radical (unpaired) electrons. The van der Waals surface area contributed by atoms with E-state index in [1.54, 1.807) is 0 Å². The average molecular weight is 268 g/mol. The number of amides is 1. The van der Waals surface area contributed by atoms with Gasteiger partial charge in [-0.25, -0.2) is 0 Å². The monoisotopic (exact) mass is 268 g/mol. The second-order valence-corrected chi connectivity index (χ2v) is 6.02. The highest BCUT2D eigenvalue weighted by Gasteiger charge is 2.26. The van der Waals surface area contributed by atoms with Crippen LogP contribution in [-0.4, -0.2) is 31.7 Å². The molecule has 3 atom stereocenters.